The monoisotopic (exact) mass is 227 g/mol. The molecule has 1 saturated carbocycles. The van der Waals surface area contributed by atoms with Gasteiger partial charge in [0, 0.05) is 11.6 Å². The molecule has 17 heavy (non-hydrogen) atoms. The van der Waals surface area contributed by atoms with Gasteiger partial charge >= 0.3 is 0 Å². The zero-order valence-electron chi connectivity index (χ0n) is 10.6. The molecule has 1 fully saturated rings. The molecule has 0 heterocycles. The Kier molecular flexibility index (Phi) is 4.64. The zero-order chi connectivity index (χ0) is 11.9. The highest BCUT2D eigenvalue weighted by atomic mass is 14.9. The minimum absolute atomic E-state index is 0.675. The van der Waals surface area contributed by atoms with Gasteiger partial charge in [-0.1, -0.05) is 49.8 Å². The molecular formula is C16H21N. The van der Waals surface area contributed by atoms with E-state index in [1.54, 1.807) is 0 Å². The first kappa shape index (κ1) is 12.2. The van der Waals surface area contributed by atoms with E-state index in [1.807, 2.05) is 18.2 Å². The van der Waals surface area contributed by atoms with Gasteiger partial charge in [0.15, 0.2) is 0 Å². The Balaban J connectivity index is 1.77. The van der Waals surface area contributed by atoms with E-state index in [4.69, 9.17) is 0 Å². The van der Waals surface area contributed by atoms with Gasteiger partial charge in [0.2, 0.25) is 0 Å². The molecule has 1 aliphatic carbocycles. The third-order valence-electron chi connectivity index (χ3n) is 3.57. The highest BCUT2D eigenvalue weighted by Crippen LogP contribution is 2.23. The number of hydrogen-bond donors (Lipinski definition) is 1. The second-order valence-corrected chi connectivity index (χ2v) is 4.92. The Morgan fingerprint density at radius 2 is 1.94 bits per heavy atom. The zero-order valence-corrected chi connectivity index (χ0v) is 10.6. The average Bonchev–Trinajstić information content (AvgIpc) is 2.38. The first-order valence-corrected chi connectivity index (χ1v) is 6.63. The Morgan fingerprint density at radius 3 is 2.71 bits per heavy atom. The molecule has 1 heteroatoms. The van der Waals surface area contributed by atoms with Crippen LogP contribution in [0.5, 0.6) is 0 Å². The van der Waals surface area contributed by atoms with E-state index in [1.165, 1.54) is 25.7 Å². The minimum atomic E-state index is 0.675. The van der Waals surface area contributed by atoms with Gasteiger partial charge in [-0.15, -0.1) is 0 Å². The molecule has 0 bridgehead atoms. The topological polar surface area (TPSA) is 12.0 Å². The Bertz CT molecular complexity index is 385. The van der Waals surface area contributed by atoms with Crippen LogP contribution in [0.2, 0.25) is 0 Å². The van der Waals surface area contributed by atoms with E-state index in [0.29, 0.717) is 6.04 Å². The SMILES string of the molecule is CC1CCCCC1NCC#Cc1ccccc1. The van der Waals surface area contributed by atoms with Gasteiger partial charge in [0.1, 0.15) is 0 Å². The third-order valence-corrected chi connectivity index (χ3v) is 3.57. The van der Waals surface area contributed by atoms with Crippen molar-refractivity contribution in [2.24, 2.45) is 5.92 Å². The van der Waals surface area contributed by atoms with Gasteiger partial charge in [0.05, 0.1) is 6.54 Å². The predicted molar refractivity (Wildman–Crippen MR) is 72.7 cm³/mol. The molecule has 1 aromatic carbocycles. The van der Waals surface area contributed by atoms with Gasteiger partial charge in [-0.2, -0.15) is 0 Å². The van der Waals surface area contributed by atoms with E-state index >= 15 is 0 Å². The number of rotatable bonds is 2. The Labute approximate surface area is 105 Å². The van der Waals surface area contributed by atoms with Crippen LogP contribution in [0.3, 0.4) is 0 Å². The molecular weight excluding hydrogens is 206 g/mol. The smallest absolute Gasteiger partial charge is 0.0582 e. The average molecular weight is 227 g/mol. The van der Waals surface area contributed by atoms with Gasteiger partial charge < -0.3 is 5.32 Å². The van der Waals surface area contributed by atoms with E-state index in [0.717, 1.165) is 18.0 Å². The number of hydrogen-bond acceptors (Lipinski definition) is 1. The lowest BCUT2D eigenvalue weighted by molar-refractivity contribution is 0.289. The molecule has 1 N–H and O–H groups in total. The molecule has 0 radical (unpaired) electrons. The highest BCUT2D eigenvalue weighted by Gasteiger charge is 2.19. The van der Waals surface area contributed by atoms with Crippen molar-refractivity contribution in [1.82, 2.24) is 5.32 Å². The van der Waals surface area contributed by atoms with E-state index < -0.39 is 0 Å². The third kappa shape index (κ3) is 3.91. The summed E-state index contributed by atoms with van der Waals surface area (Å²) in [6.45, 7) is 3.16. The van der Waals surface area contributed by atoms with E-state index in [2.05, 4.69) is 36.2 Å². The van der Waals surface area contributed by atoms with E-state index in [-0.39, 0.29) is 0 Å². The summed E-state index contributed by atoms with van der Waals surface area (Å²) in [6.07, 6.45) is 5.45. The molecule has 1 nitrogen and oxygen atoms in total. The normalized spacial score (nSPS) is 23.8. The van der Waals surface area contributed by atoms with Crippen molar-refractivity contribution in [3.63, 3.8) is 0 Å². The standard InChI is InChI=1S/C16H21N/c1-14-8-5-6-12-16(14)17-13-7-11-15-9-3-2-4-10-15/h2-4,9-10,14,16-17H,5-6,8,12-13H2,1H3. The largest absolute Gasteiger partial charge is 0.303 e. The molecule has 2 rings (SSSR count). The molecule has 0 amide bonds. The first-order valence-electron chi connectivity index (χ1n) is 6.63. The van der Waals surface area contributed by atoms with Crippen molar-refractivity contribution in [1.29, 1.82) is 0 Å². The van der Waals surface area contributed by atoms with Crippen LogP contribution < -0.4 is 5.32 Å². The summed E-state index contributed by atoms with van der Waals surface area (Å²) in [7, 11) is 0. The summed E-state index contributed by atoms with van der Waals surface area (Å²) < 4.78 is 0. The summed E-state index contributed by atoms with van der Waals surface area (Å²) in [6, 6.07) is 10.9. The van der Waals surface area contributed by atoms with Crippen LogP contribution in [0.25, 0.3) is 0 Å². The van der Waals surface area contributed by atoms with Crippen LogP contribution in [-0.4, -0.2) is 12.6 Å². The molecule has 2 unspecified atom stereocenters. The quantitative estimate of drug-likeness (QED) is 0.765. The van der Waals surface area contributed by atoms with Crippen LogP contribution >= 0.6 is 0 Å². The minimum Gasteiger partial charge on any atom is -0.303 e. The fourth-order valence-electron chi connectivity index (χ4n) is 2.47. The molecule has 2 atom stereocenters. The van der Waals surface area contributed by atoms with Crippen molar-refractivity contribution >= 4 is 0 Å². The predicted octanol–water partition coefficient (Wildman–Crippen LogP) is 3.21. The van der Waals surface area contributed by atoms with Crippen molar-refractivity contribution in [2.75, 3.05) is 6.54 Å². The lowest BCUT2D eigenvalue weighted by Gasteiger charge is -2.28. The Hall–Kier alpha value is -1.26. The molecule has 0 aliphatic heterocycles. The molecule has 90 valence electrons. The second kappa shape index (κ2) is 6.47. The van der Waals surface area contributed by atoms with Crippen LogP contribution in [0, 0.1) is 17.8 Å². The lowest BCUT2D eigenvalue weighted by atomic mass is 9.86. The molecule has 1 aliphatic rings. The summed E-state index contributed by atoms with van der Waals surface area (Å²) in [4.78, 5) is 0. The van der Waals surface area contributed by atoms with Crippen molar-refractivity contribution in [2.45, 2.75) is 38.6 Å². The van der Waals surface area contributed by atoms with Gasteiger partial charge in [-0.25, -0.2) is 0 Å². The van der Waals surface area contributed by atoms with Crippen LogP contribution in [-0.2, 0) is 0 Å². The molecule has 0 aromatic heterocycles. The number of nitrogens with one attached hydrogen (secondary N) is 1. The van der Waals surface area contributed by atoms with Gasteiger partial charge in [-0.3, -0.25) is 0 Å². The Morgan fingerprint density at radius 1 is 1.18 bits per heavy atom. The molecule has 0 spiro atoms. The van der Waals surface area contributed by atoms with Crippen molar-refractivity contribution < 1.29 is 0 Å². The fraction of sp³-hybridized carbons (Fsp3) is 0.500. The summed E-state index contributed by atoms with van der Waals surface area (Å²) in [5.74, 6) is 7.20. The highest BCUT2D eigenvalue weighted by molar-refractivity contribution is 5.33. The summed E-state index contributed by atoms with van der Waals surface area (Å²) in [5.41, 5.74) is 1.10. The van der Waals surface area contributed by atoms with Gasteiger partial charge in [0.25, 0.3) is 0 Å². The molecule has 1 aromatic rings. The lowest BCUT2D eigenvalue weighted by Crippen LogP contribution is -2.37. The van der Waals surface area contributed by atoms with Crippen LogP contribution in [0.15, 0.2) is 30.3 Å². The maximum Gasteiger partial charge on any atom is 0.0582 e. The maximum atomic E-state index is 3.57. The molecule has 0 saturated heterocycles. The van der Waals surface area contributed by atoms with Crippen molar-refractivity contribution in [3.8, 4) is 11.8 Å². The first-order chi connectivity index (χ1) is 8.36. The second-order valence-electron chi connectivity index (χ2n) is 4.92. The summed E-state index contributed by atoms with van der Waals surface area (Å²) in [5, 5.41) is 3.57. The summed E-state index contributed by atoms with van der Waals surface area (Å²) >= 11 is 0. The van der Waals surface area contributed by atoms with Crippen LogP contribution in [0.1, 0.15) is 38.2 Å². The van der Waals surface area contributed by atoms with Crippen molar-refractivity contribution in [3.05, 3.63) is 35.9 Å². The van der Waals surface area contributed by atoms with Gasteiger partial charge in [-0.05, 0) is 30.9 Å². The van der Waals surface area contributed by atoms with Crippen LogP contribution in [0.4, 0.5) is 0 Å². The maximum absolute atomic E-state index is 3.57. The van der Waals surface area contributed by atoms with E-state index in [9.17, 15) is 0 Å². The fourth-order valence-corrected chi connectivity index (χ4v) is 2.47. The number of benzene rings is 1.